The minimum Gasteiger partial charge on any atom is -0.465 e. The van der Waals surface area contributed by atoms with Crippen LogP contribution in [0.4, 0.5) is 0 Å². The number of hydrogen-bond donors (Lipinski definition) is 6. The number of ether oxygens (including phenoxy) is 1. The van der Waals surface area contributed by atoms with E-state index in [4.69, 9.17) is 4.74 Å². The number of nitrogens with zero attached hydrogens (tertiary/aromatic N) is 1. The van der Waals surface area contributed by atoms with E-state index in [-0.39, 0.29) is 67.5 Å². The molecule has 0 fully saturated rings. The number of carbonyl (C=O) groups is 6. The molecular weight excluding hydrogens is 544 g/mol. The minimum absolute atomic E-state index is 0.0223. The Labute approximate surface area is 237 Å². The third kappa shape index (κ3) is 15.8. The number of thioether (sulfide) groups is 1. The molecule has 0 bridgehead atoms. The second-order valence-corrected chi connectivity index (χ2v) is 10.8. The number of imidazole rings is 1. The zero-order valence-corrected chi connectivity index (χ0v) is 24.0. The van der Waals surface area contributed by atoms with E-state index in [0.717, 1.165) is 17.5 Å². The van der Waals surface area contributed by atoms with Crippen LogP contribution in [0.15, 0.2) is 12.5 Å². The largest absolute Gasteiger partial charge is 0.465 e. The fourth-order valence-electron chi connectivity index (χ4n) is 3.11. The summed E-state index contributed by atoms with van der Waals surface area (Å²) in [6.45, 7) is 5.23. The summed E-state index contributed by atoms with van der Waals surface area (Å²) in [5.41, 5.74) is -0.192. The summed E-state index contributed by atoms with van der Waals surface area (Å²) in [6.07, 6.45) is 2.49. The number of aliphatic hydroxyl groups is 1. The molecule has 0 aliphatic heterocycles. The van der Waals surface area contributed by atoms with E-state index in [0.29, 0.717) is 25.9 Å². The summed E-state index contributed by atoms with van der Waals surface area (Å²) >= 11 is 0.940. The average molecular weight is 585 g/mol. The molecule has 1 aromatic heterocycles. The first kappa shape index (κ1) is 34.6. The van der Waals surface area contributed by atoms with Gasteiger partial charge in [-0.15, -0.1) is 0 Å². The Kier molecular flexibility index (Phi) is 16.2. The van der Waals surface area contributed by atoms with Crippen molar-refractivity contribution in [3.63, 3.8) is 0 Å². The van der Waals surface area contributed by atoms with Gasteiger partial charge >= 0.3 is 5.97 Å². The Morgan fingerprint density at radius 3 is 2.40 bits per heavy atom. The summed E-state index contributed by atoms with van der Waals surface area (Å²) in [5, 5.41) is 20.4. The normalized spacial score (nSPS) is 11.7. The number of H-pyrrole nitrogens is 1. The predicted molar refractivity (Wildman–Crippen MR) is 147 cm³/mol. The van der Waals surface area contributed by atoms with Crippen molar-refractivity contribution >= 4 is 46.5 Å². The van der Waals surface area contributed by atoms with E-state index in [2.05, 4.69) is 31.2 Å². The monoisotopic (exact) mass is 584 g/mol. The van der Waals surface area contributed by atoms with Gasteiger partial charge < -0.3 is 36.1 Å². The molecule has 0 saturated heterocycles. The summed E-state index contributed by atoms with van der Waals surface area (Å²) in [4.78, 5) is 77.4. The first-order valence-electron chi connectivity index (χ1n) is 12.9. The molecule has 1 heterocycles. The minimum atomic E-state index is -1.48. The van der Waals surface area contributed by atoms with Crippen LogP contribution in [0.5, 0.6) is 0 Å². The molecule has 0 unspecified atom stereocenters. The Hall–Kier alpha value is -3.46. The summed E-state index contributed by atoms with van der Waals surface area (Å²) < 4.78 is 5.14. The van der Waals surface area contributed by atoms with Crippen LogP contribution in [-0.4, -0.2) is 94.4 Å². The van der Waals surface area contributed by atoms with Gasteiger partial charge in [0.25, 0.3) is 0 Å². The summed E-state index contributed by atoms with van der Waals surface area (Å²) in [7, 11) is 0. The number of esters is 1. The highest BCUT2D eigenvalue weighted by Gasteiger charge is 2.35. The molecule has 0 aromatic carbocycles. The standard InChI is InChI=1S/C25H40N6O8S/c1-17(32)27-8-4-5-21(35)39-15-25(2,3)23(37)24(38)30-10-7-19(33)29-11-12-40-22(36)13-20(34)28-9-6-18-14-26-16-31-18/h14,16,23,37H,4-13,15H2,1-3H3,(H,26,31)(H,27,32)(H,28,34)(H,29,33)(H,30,38)/t23-/m0/s1. The molecular formula is C25H40N6O8S. The van der Waals surface area contributed by atoms with Crippen LogP contribution in [-0.2, 0) is 39.9 Å². The maximum absolute atomic E-state index is 12.3. The molecule has 0 aliphatic carbocycles. The van der Waals surface area contributed by atoms with Crippen LogP contribution in [0.3, 0.4) is 0 Å². The fraction of sp³-hybridized carbons (Fsp3) is 0.640. The van der Waals surface area contributed by atoms with Crippen molar-refractivity contribution < 1.29 is 38.6 Å². The van der Waals surface area contributed by atoms with Gasteiger partial charge in [0, 0.05) is 75.4 Å². The Morgan fingerprint density at radius 2 is 1.73 bits per heavy atom. The second kappa shape index (κ2) is 18.8. The van der Waals surface area contributed by atoms with Crippen LogP contribution >= 0.6 is 11.8 Å². The maximum atomic E-state index is 12.3. The first-order valence-corrected chi connectivity index (χ1v) is 13.9. The Morgan fingerprint density at radius 1 is 1.00 bits per heavy atom. The van der Waals surface area contributed by atoms with Crippen LogP contribution in [0.25, 0.3) is 0 Å². The lowest BCUT2D eigenvalue weighted by molar-refractivity contribution is -0.153. The number of aromatic amines is 1. The third-order valence-electron chi connectivity index (χ3n) is 5.44. The van der Waals surface area contributed by atoms with E-state index in [9.17, 15) is 33.9 Å². The lowest BCUT2D eigenvalue weighted by atomic mass is 9.87. The highest BCUT2D eigenvalue weighted by Crippen LogP contribution is 2.21. The van der Waals surface area contributed by atoms with Gasteiger partial charge in [0.15, 0.2) is 5.12 Å². The number of aliphatic hydroxyl groups excluding tert-OH is 1. The quantitative estimate of drug-likeness (QED) is 0.0676. The van der Waals surface area contributed by atoms with Crippen molar-refractivity contribution in [3.05, 3.63) is 18.2 Å². The van der Waals surface area contributed by atoms with E-state index >= 15 is 0 Å². The first-order chi connectivity index (χ1) is 18.9. The highest BCUT2D eigenvalue weighted by molar-refractivity contribution is 8.13. The van der Waals surface area contributed by atoms with Gasteiger partial charge in [-0.05, 0) is 6.42 Å². The van der Waals surface area contributed by atoms with Gasteiger partial charge in [-0.1, -0.05) is 25.6 Å². The second-order valence-electron chi connectivity index (χ2n) is 9.60. The summed E-state index contributed by atoms with van der Waals surface area (Å²) in [6, 6.07) is 0. The van der Waals surface area contributed by atoms with Crippen LogP contribution < -0.4 is 21.3 Å². The van der Waals surface area contributed by atoms with Gasteiger partial charge in [0.2, 0.25) is 23.6 Å². The topological polar surface area (TPSA) is 209 Å². The summed E-state index contributed by atoms with van der Waals surface area (Å²) in [5.74, 6) is -1.85. The van der Waals surface area contributed by atoms with Crippen molar-refractivity contribution in [1.82, 2.24) is 31.2 Å². The van der Waals surface area contributed by atoms with Gasteiger partial charge in [-0.25, -0.2) is 4.98 Å². The molecule has 1 rings (SSSR count). The zero-order valence-electron chi connectivity index (χ0n) is 23.2. The van der Waals surface area contributed by atoms with Crippen molar-refractivity contribution in [1.29, 1.82) is 0 Å². The molecule has 6 N–H and O–H groups in total. The van der Waals surface area contributed by atoms with E-state index in [1.54, 1.807) is 26.4 Å². The van der Waals surface area contributed by atoms with Gasteiger partial charge in [-0.3, -0.25) is 28.8 Å². The highest BCUT2D eigenvalue weighted by atomic mass is 32.2. The molecule has 15 heteroatoms. The van der Waals surface area contributed by atoms with Crippen molar-refractivity contribution in [3.8, 4) is 0 Å². The molecule has 0 saturated carbocycles. The molecule has 4 amide bonds. The lowest BCUT2D eigenvalue weighted by Gasteiger charge is -2.29. The van der Waals surface area contributed by atoms with Crippen molar-refractivity contribution in [2.45, 2.75) is 59.0 Å². The zero-order chi connectivity index (χ0) is 30.0. The molecule has 1 aromatic rings. The number of amides is 4. The number of nitrogens with one attached hydrogen (secondary N) is 5. The third-order valence-corrected chi connectivity index (χ3v) is 6.31. The van der Waals surface area contributed by atoms with Gasteiger partial charge in [0.05, 0.1) is 19.4 Å². The predicted octanol–water partition coefficient (Wildman–Crippen LogP) is -0.813. The molecule has 40 heavy (non-hydrogen) atoms. The van der Waals surface area contributed by atoms with Crippen LogP contribution in [0.2, 0.25) is 0 Å². The Bertz CT molecular complexity index is 986. The van der Waals surface area contributed by atoms with Crippen molar-refractivity contribution in [2.75, 3.05) is 38.5 Å². The van der Waals surface area contributed by atoms with E-state index in [1.807, 2.05) is 0 Å². The number of hydrogen-bond acceptors (Lipinski definition) is 10. The lowest BCUT2D eigenvalue weighted by Crippen LogP contribution is -2.47. The number of rotatable bonds is 19. The average Bonchev–Trinajstić information content (AvgIpc) is 3.41. The molecule has 0 aliphatic rings. The van der Waals surface area contributed by atoms with E-state index in [1.165, 1.54) is 6.92 Å². The molecule has 224 valence electrons. The SMILES string of the molecule is CC(=O)NCCCC(=O)OCC(C)(C)[C@@H](O)C(=O)NCCC(=O)NCCSC(=O)CC(=O)NCCc1cnc[nH]1. The molecule has 0 spiro atoms. The van der Waals surface area contributed by atoms with Gasteiger partial charge in [-0.2, -0.15) is 0 Å². The van der Waals surface area contributed by atoms with Crippen LogP contribution in [0, 0.1) is 5.41 Å². The molecule has 0 radical (unpaired) electrons. The maximum Gasteiger partial charge on any atom is 0.305 e. The molecule has 1 atom stereocenters. The number of carbonyl (C=O) groups excluding carboxylic acids is 6. The van der Waals surface area contributed by atoms with Crippen LogP contribution in [0.1, 0.15) is 52.1 Å². The van der Waals surface area contributed by atoms with Gasteiger partial charge in [0.1, 0.15) is 6.10 Å². The smallest absolute Gasteiger partial charge is 0.305 e. The Balaban J connectivity index is 2.14. The number of aromatic nitrogens is 2. The molecule has 14 nitrogen and oxygen atoms in total. The van der Waals surface area contributed by atoms with Crippen molar-refractivity contribution in [2.24, 2.45) is 5.41 Å². The van der Waals surface area contributed by atoms with E-state index < -0.39 is 23.4 Å². The fourth-order valence-corrected chi connectivity index (χ4v) is 3.78.